The number of rotatable bonds is 2. The molecule has 0 spiro atoms. The Morgan fingerprint density at radius 3 is 2.64 bits per heavy atom. The molecule has 0 atom stereocenters. The van der Waals surface area contributed by atoms with Gasteiger partial charge in [-0.1, -0.05) is 30.3 Å². The third-order valence-electron chi connectivity index (χ3n) is 3.73. The van der Waals surface area contributed by atoms with Crippen molar-refractivity contribution in [2.45, 2.75) is 6.42 Å². The molecule has 0 saturated carbocycles. The van der Waals surface area contributed by atoms with Crippen LogP contribution in [0.4, 0.5) is 0 Å². The summed E-state index contributed by atoms with van der Waals surface area (Å²) in [4.78, 5) is 29.4. The van der Waals surface area contributed by atoms with Crippen LogP contribution < -0.4 is 5.56 Å². The van der Waals surface area contributed by atoms with Gasteiger partial charge in [-0.15, -0.1) is 0 Å². The third-order valence-corrected chi connectivity index (χ3v) is 4.78. The molecular formula is C17H18N2O2S. The molecule has 5 heteroatoms. The predicted octanol–water partition coefficient (Wildman–Crippen LogP) is 2.62. The molecule has 1 amide bonds. The van der Waals surface area contributed by atoms with E-state index in [1.807, 2.05) is 42.1 Å². The summed E-state index contributed by atoms with van der Waals surface area (Å²) in [5, 5.41) is 0. The van der Waals surface area contributed by atoms with E-state index in [1.54, 1.807) is 17.0 Å². The van der Waals surface area contributed by atoms with Gasteiger partial charge in [0.2, 0.25) is 0 Å². The number of nitrogens with zero attached hydrogens (tertiary/aromatic N) is 1. The van der Waals surface area contributed by atoms with Crippen LogP contribution in [0.5, 0.6) is 0 Å². The lowest BCUT2D eigenvalue weighted by atomic mass is 10.1. The summed E-state index contributed by atoms with van der Waals surface area (Å²) >= 11 is 1.86. The van der Waals surface area contributed by atoms with Crippen molar-refractivity contribution in [2.24, 2.45) is 0 Å². The Morgan fingerprint density at radius 2 is 1.86 bits per heavy atom. The zero-order valence-electron chi connectivity index (χ0n) is 12.2. The lowest BCUT2D eigenvalue weighted by Crippen LogP contribution is -2.36. The van der Waals surface area contributed by atoms with E-state index >= 15 is 0 Å². The van der Waals surface area contributed by atoms with Crippen molar-refractivity contribution in [3.63, 3.8) is 0 Å². The quantitative estimate of drug-likeness (QED) is 0.927. The van der Waals surface area contributed by atoms with Crippen LogP contribution in [0.15, 0.2) is 47.3 Å². The number of benzene rings is 1. The van der Waals surface area contributed by atoms with Gasteiger partial charge in [-0.2, -0.15) is 11.8 Å². The van der Waals surface area contributed by atoms with Crippen LogP contribution in [0, 0.1) is 0 Å². The second kappa shape index (κ2) is 6.83. The number of hydrogen-bond acceptors (Lipinski definition) is 3. The van der Waals surface area contributed by atoms with Crippen molar-refractivity contribution in [3.05, 3.63) is 58.4 Å². The monoisotopic (exact) mass is 314 g/mol. The Balaban J connectivity index is 1.86. The van der Waals surface area contributed by atoms with Gasteiger partial charge >= 0.3 is 0 Å². The Bertz CT molecular complexity index is 704. The molecule has 1 aromatic carbocycles. The fraction of sp³-hybridized carbons (Fsp3) is 0.294. The minimum Gasteiger partial charge on any atom is -0.338 e. The van der Waals surface area contributed by atoms with Crippen LogP contribution in [0.1, 0.15) is 16.8 Å². The maximum absolute atomic E-state index is 12.5. The highest BCUT2D eigenvalue weighted by Gasteiger charge is 2.20. The normalized spacial score (nSPS) is 15.4. The van der Waals surface area contributed by atoms with Gasteiger partial charge in [0.15, 0.2) is 0 Å². The molecule has 0 unspecified atom stereocenters. The van der Waals surface area contributed by atoms with Crippen LogP contribution in [-0.2, 0) is 0 Å². The Kier molecular flexibility index (Phi) is 4.63. The van der Waals surface area contributed by atoms with Gasteiger partial charge in [0, 0.05) is 24.5 Å². The van der Waals surface area contributed by atoms with Crippen molar-refractivity contribution in [3.8, 4) is 11.3 Å². The number of H-pyrrole nitrogens is 1. The first-order valence-electron chi connectivity index (χ1n) is 7.41. The van der Waals surface area contributed by atoms with Gasteiger partial charge in [0.25, 0.3) is 11.5 Å². The van der Waals surface area contributed by atoms with Gasteiger partial charge in [0.1, 0.15) is 5.56 Å². The van der Waals surface area contributed by atoms with Gasteiger partial charge in [0.05, 0.1) is 0 Å². The molecule has 3 rings (SSSR count). The zero-order valence-corrected chi connectivity index (χ0v) is 13.1. The summed E-state index contributed by atoms with van der Waals surface area (Å²) in [6, 6.07) is 13.1. The molecule has 0 radical (unpaired) electrons. The summed E-state index contributed by atoms with van der Waals surface area (Å²) in [6.07, 6.45) is 0.983. The molecule has 4 nitrogen and oxygen atoms in total. The lowest BCUT2D eigenvalue weighted by molar-refractivity contribution is 0.0767. The molecule has 2 heterocycles. The minimum atomic E-state index is -0.316. The highest BCUT2D eigenvalue weighted by molar-refractivity contribution is 7.99. The molecule has 2 aromatic rings. The van der Waals surface area contributed by atoms with E-state index in [0.717, 1.165) is 35.7 Å². The molecule has 1 aliphatic heterocycles. The van der Waals surface area contributed by atoms with Gasteiger partial charge in [-0.25, -0.2) is 0 Å². The number of aromatic amines is 1. The Hall–Kier alpha value is -2.01. The zero-order chi connectivity index (χ0) is 15.4. The molecule has 1 N–H and O–H groups in total. The van der Waals surface area contributed by atoms with Crippen molar-refractivity contribution >= 4 is 17.7 Å². The van der Waals surface area contributed by atoms with Crippen LogP contribution in [-0.4, -0.2) is 40.4 Å². The highest BCUT2D eigenvalue weighted by atomic mass is 32.2. The number of pyridine rings is 1. The van der Waals surface area contributed by atoms with Crippen molar-refractivity contribution < 1.29 is 4.79 Å². The maximum Gasteiger partial charge on any atom is 0.261 e. The van der Waals surface area contributed by atoms with Crippen LogP contribution in [0.2, 0.25) is 0 Å². The fourth-order valence-corrected chi connectivity index (χ4v) is 3.43. The van der Waals surface area contributed by atoms with E-state index in [0.29, 0.717) is 6.54 Å². The van der Waals surface area contributed by atoms with Crippen LogP contribution in [0.3, 0.4) is 0 Å². The smallest absolute Gasteiger partial charge is 0.261 e. The summed E-state index contributed by atoms with van der Waals surface area (Å²) in [5.41, 5.74) is 1.58. The molecule has 22 heavy (non-hydrogen) atoms. The minimum absolute atomic E-state index is 0.164. The molecule has 1 saturated heterocycles. The predicted molar refractivity (Wildman–Crippen MR) is 90.3 cm³/mol. The SMILES string of the molecule is O=C(c1ccc(-c2ccccc2)[nH]c1=O)N1CCCSCC1. The number of carbonyl (C=O) groups excluding carboxylic acids is 1. The summed E-state index contributed by atoms with van der Waals surface area (Å²) in [7, 11) is 0. The third kappa shape index (κ3) is 3.25. The molecule has 1 fully saturated rings. The van der Waals surface area contributed by atoms with E-state index in [-0.39, 0.29) is 17.0 Å². The number of hydrogen-bond donors (Lipinski definition) is 1. The van der Waals surface area contributed by atoms with E-state index in [1.165, 1.54) is 0 Å². The van der Waals surface area contributed by atoms with E-state index in [2.05, 4.69) is 4.98 Å². The summed E-state index contributed by atoms with van der Waals surface area (Å²) in [5.74, 6) is 1.85. The van der Waals surface area contributed by atoms with Gasteiger partial charge < -0.3 is 9.88 Å². The fourth-order valence-electron chi connectivity index (χ4n) is 2.55. The molecule has 114 valence electrons. The molecule has 1 aliphatic rings. The standard InChI is InChI=1S/C17H18N2O2S/c20-16-14(17(21)19-9-4-11-22-12-10-19)7-8-15(18-16)13-5-2-1-3-6-13/h1-3,5-8H,4,9-12H2,(H,18,20). The van der Waals surface area contributed by atoms with Crippen LogP contribution in [0.25, 0.3) is 11.3 Å². The number of aromatic nitrogens is 1. The highest BCUT2D eigenvalue weighted by Crippen LogP contribution is 2.16. The number of carbonyl (C=O) groups is 1. The molecule has 0 aliphatic carbocycles. The first-order valence-corrected chi connectivity index (χ1v) is 8.57. The first kappa shape index (κ1) is 14.9. The summed E-state index contributed by atoms with van der Waals surface area (Å²) in [6.45, 7) is 1.44. The second-order valence-electron chi connectivity index (χ2n) is 5.24. The first-order chi connectivity index (χ1) is 10.8. The molecule has 0 bridgehead atoms. The van der Waals surface area contributed by atoms with Crippen LogP contribution >= 0.6 is 11.8 Å². The van der Waals surface area contributed by atoms with E-state index in [9.17, 15) is 9.59 Å². The lowest BCUT2D eigenvalue weighted by Gasteiger charge is -2.19. The second-order valence-corrected chi connectivity index (χ2v) is 6.46. The van der Waals surface area contributed by atoms with Crippen molar-refractivity contribution in [1.82, 2.24) is 9.88 Å². The average Bonchev–Trinajstić information content (AvgIpc) is 2.84. The van der Waals surface area contributed by atoms with Crippen molar-refractivity contribution in [2.75, 3.05) is 24.6 Å². The van der Waals surface area contributed by atoms with E-state index in [4.69, 9.17) is 0 Å². The topological polar surface area (TPSA) is 53.2 Å². The molecule has 1 aromatic heterocycles. The largest absolute Gasteiger partial charge is 0.338 e. The number of amides is 1. The number of nitrogens with one attached hydrogen (secondary N) is 1. The molecular weight excluding hydrogens is 296 g/mol. The van der Waals surface area contributed by atoms with Gasteiger partial charge in [-0.05, 0) is 29.9 Å². The van der Waals surface area contributed by atoms with E-state index < -0.39 is 0 Å². The Morgan fingerprint density at radius 1 is 1.05 bits per heavy atom. The summed E-state index contributed by atoms with van der Waals surface area (Å²) < 4.78 is 0. The maximum atomic E-state index is 12.5. The van der Waals surface area contributed by atoms with Gasteiger partial charge in [-0.3, -0.25) is 9.59 Å². The van der Waals surface area contributed by atoms with Crippen molar-refractivity contribution in [1.29, 1.82) is 0 Å². The number of thioether (sulfide) groups is 1. The average molecular weight is 314 g/mol. The Labute approximate surface area is 133 Å².